The zero-order valence-corrected chi connectivity index (χ0v) is 51.9. The van der Waals surface area contributed by atoms with E-state index in [1.807, 2.05) is 158 Å². The van der Waals surface area contributed by atoms with Crippen LogP contribution in [0.3, 0.4) is 0 Å². The van der Waals surface area contributed by atoms with E-state index in [4.69, 9.17) is 24.4 Å². The van der Waals surface area contributed by atoms with Crippen molar-refractivity contribution in [2.75, 3.05) is 9.80 Å². The van der Waals surface area contributed by atoms with Gasteiger partial charge in [-0.3, -0.25) is 0 Å². The Balaban J connectivity index is 0.846. The number of aromatic nitrogens is 4. The molecular formula is C85H57BN6O4. The highest BCUT2D eigenvalue weighted by molar-refractivity contribution is 7.00. The number of carbonyl (C=O) groups is 2. The maximum atomic E-state index is 14.2. The van der Waals surface area contributed by atoms with Crippen molar-refractivity contribution >= 4 is 91.0 Å². The molecule has 10 nitrogen and oxygen atoms in total. The van der Waals surface area contributed by atoms with Crippen molar-refractivity contribution in [2.24, 2.45) is 0 Å². The monoisotopic (exact) mass is 1240 g/mol. The molecule has 4 heterocycles. The lowest BCUT2D eigenvalue weighted by molar-refractivity contribution is 0.0464. The number of hydrogen-bond acceptors (Lipinski definition) is 9. The molecular weight excluding hydrogens is 1180 g/mol. The van der Waals surface area contributed by atoms with Crippen LogP contribution in [-0.4, -0.2) is 38.2 Å². The topological polar surface area (TPSA) is 103 Å². The van der Waals surface area contributed by atoms with E-state index in [9.17, 15) is 9.59 Å². The van der Waals surface area contributed by atoms with Crippen LogP contribution in [0.4, 0.5) is 34.1 Å². The number of benzene rings is 13. The maximum absolute atomic E-state index is 14.2. The van der Waals surface area contributed by atoms with Crippen LogP contribution in [0.5, 0.6) is 0 Å². The zero-order valence-electron chi connectivity index (χ0n) is 51.9. The lowest BCUT2D eigenvalue weighted by atomic mass is 9.33. The molecule has 2 aromatic heterocycles. The number of hydrogen-bond donors (Lipinski definition) is 0. The van der Waals surface area contributed by atoms with Gasteiger partial charge < -0.3 is 23.8 Å². The lowest BCUT2D eigenvalue weighted by Gasteiger charge is -2.44. The van der Waals surface area contributed by atoms with Gasteiger partial charge in [-0.1, -0.05) is 224 Å². The molecule has 2 aliphatic rings. The number of para-hydroxylation sites is 4. The number of anilines is 6. The molecule has 0 spiro atoms. The average Bonchev–Trinajstić information content (AvgIpc) is 0.889. The van der Waals surface area contributed by atoms with E-state index in [1.54, 1.807) is 0 Å². The molecule has 454 valence electrons. The van der Waals surface area contributed by atoms with E-state index < -0.39 is 11.9 Å². The van der Waals surface area contributed by atoms with Gasteiger partial charge >= 0.3 is 11.9 Å². The molecule has 0 fully saturated rings. The Kier molecular flexibility index (Phi) is 14.5. The van der Waals surface area contributed by atoms with E-state index in [0.29, 0.717) is 28.6 Å². The van der Waals surface area contributed by atoms with Crippen LogP contribution in [0.25, 0.3) is 83.9 Å². The summed E-state index contributed by atoms with van der Waals surface area (Å²) in [7, 11) is 0. The molecule has 0 aliphatic carbocycles. The van der Waals surface area contributed by atoms with E-state index in [2.05, 4.69) is 178 Å². The quantitative estimate of drug-likeness (QED) is 0.0778. The van der Waals surface area contributed by atoms with Crippen LogP contribution >= 0.6 is 0 Å². The maximum Gasteiger partial charge on any atom is 0.338 e. The number of nitrogens with zero attached hydrogens (tertiary/aromatic N) is 6. The van der Waals surface area contributed by atoms with Crippen LogP contribution < -0.4 is 26.2 Å². The Labute approximate surface area is 555 Å². The smallest absolute Gasteiger partial charge is 0.338 e. The highest BCUT2D eigenvalue weighted by Gasteiger charge is 2.43. The number of ether oxygens (including phenoxy) is 2. The summed E-state index contributed by atoms with van der Waals surface area (Å²) in [5.41, 5.74) is 21.5. The second-order valence-corrected chi connectivity index (χ2v) is 24.1. The molecule has 0 bridgehead atoms. The zero-order chi connectivity index (χ0) is 64.1. The first kappa shape index (κ1) is 57.2. The van der Waals surface area contributed by atoms with E-state index >= 15 is 0 Å². The van der Waals surface area contributed by atoms with Gasteiger partial charge in [0.1, 0.15) is 13.2 Å². The first-order chi connectivity index (χ1) is 47.5. The molecule has 0 amide bonds. The Morgan fingerprint density at radius 3 is 1.30 bits per heavy atom. The second-order valence-electron chi connectivity index (χ2n) is 24.1. The minimum absolute atomic E-state index is 0.0125. The van der Waals surface area contributed by atoms with Gasteiger partial charge in [-0.2, -0.15) is 0 Å². The van der Waals surface area contributed by atoms with Crippen LogP contribution in [0, 0.1) is 0 Å². The summed E-state index contributed by atoms with van der Waals surface area (Å²) in [6.07, 6.45) is 0. The molecule has 0 radical (unpaired) electrons. The largest absolute Gasteiger partial charge is 0.457 e. The Bertz CT molecular complexity index is 5330. The molecule has 0 saturated heterocycles. The van der Waals surface area contributed by atoms with Gasteiger partial charge in [0.25, 0.3) is 6.71 Å². The summed E-state index contributed by atoms with van der Waals surface area (Å²) < 4.78 is 14.2. The summed E-state index contributed by atoms with van der Waals surface area (Å²) in [5, 5.41) is 1.44. The normalized spacial score (nSPS) is 12.1. The third kappa shape index (κ3) is 10.3. The molecule has 0 saturated carbocycles. The van der Waals surface area contributed by atoms with Crippen molar-refractivity contribution in [1.29, 1.82) is 0 Å². The lowest BCUT2D eigenvalue weighted by Crippen LogP contribution is -2.61. The molecule has 17 rings (SSSR count). The summed E-state index contributed by atoms with van der Waals surface area (Å²) in [6.45, 7) is 0.214. The fourth-order valence-corrected chi connectivity index (χ4v) is 13.9. The van der Waals surface area contributed by atoms with E-state index in [-0.39, 0.29) is 19.9 Å². The highest BCUT2D eigenvalue weighted by Crippen LogP contribution is 2.46. The van der Waals surface area contributed by atoms with Gasteiger partial charge in [-0.05, 0) is 141 Å². The molecule has 0 atom stereocenters. The first-order valence-electron chi connectivity index (χ1n) is 32.1. The average molecular weight is 1240 g/mol. The second kappa shape index (κ2) is 24.4. The Hall–Kier alpha value is -12.7. The van der Waals surface area contributed by atoms with Gasteiger partial charge in [0.05, 0.1) is 27.8 Å². The van der Waals surface area contributed by atoms with Crippen molar-refractivity contribution in [2.45, 2.75) is 13.2 Å². The van der Waals surface area contributed by atoms with Gasteiger partial charge in [0, 0.05) is 67.2 Å². The summed E-state index contributed by atoms with van der Waals surface area (Å²) >= 11 is 0. The van der Waals surface area contributed by atoms with Crippen LogP contribution in [-0.2, 0) is 22.7 Å². The summed E-state index contributed by atoms with van der Waals surface area (Å²) in [4.78, 5) is 49.2. The minimum Gasteiger partial charge on any atom is -0.457 e. The Morgan fingerprint density at radius 1 is 0.333 bits per heavy atom. The number of carbonyl (C=O) groups excluding carboxylic acids is 2. The van der Waals surface area contributed by atoms with E-state index in [0.717, 1.165) is 106 Å². The number of rotatable bonds is 14. The molecule has 0 unspecified atom stereocenters. The third-order valence-corrected chi connectivity index (χ3v) is 18.3. The van der Waals surface area contributed by atoms with Gasteiger partial charge in [0.15, 0.2) is 17.5 Å². The minimum atomic E-state index is -0.480. The van der Waals surface area contributed by atoms with Crippen LogP contribution in [0.1, 0.15) is 31.8 Å². The predicted molar refractivity (Wildman–Crippen MR) is 386 cm³/mol. The van der Waals surface area contributed by atoms with Crippen molar-refractivity contribution in [1.82, 2.24) is 19.5 Å². The van der Waals surface area contributed by atoms with Crippen molar-refractivity contribution in [3.8, 4) is 62.1 Å². The van der Waals surface area contributed by atoms with Gasteiger partial charge in [-0.25, -0.2) is 24.5 Å². The van der Waals surface area contributed by atoms with Crippen molar-refractivity contribution in [3.05, 3.63) is 344 Å². The molecule has 15 aromatic rings. The van der Waals surface area contributed by atoms with Gasteiger partial charge in [0.2, 0.25) is 0 Å². The molecule has 96 heavy (non-hydrogen) atoms. The van der Waals surface area contributed by atoms with Crippen molar-refractivity contribution < 1.29 is 19.1 Å². The standard InChI is InChI=1S/C85H57BN6O4/c93-84(95-54-56-24-6-1-7-25-56)63-46-48-73-69(52-63)70-53-64(85(94)96-55-57-26-8-2-9-27-57)47-49-74(70)92(73)80-67(38-22-39-68(80)83-88-81(58-28-10-3-11-29-58)87-82(89-83)59-30-12-4-13-31-59)62-34-20-32-60(50-62)61-33-21-37-66(51-61)91-76-43-19-17-41-72(76)86-71-40-16-18-42-75(71)90(65-35-14-5-15-36-65)77-44-23-45-78(91)79(77)86/h1-53H,54-55H2. The fourth-order valence-electron chi connectivity index (χ4n) is 13.9. The highest BCUT2D eigenvalue weighted by atomic mass is 16.5. The molecule has 2 aliphatic heterocycles. The summed E-state index contributed by atoms with van der Waals surface area (Å²) in [6, 6.07) is 109. The molecule has 11 heteroatoms. The number of fused-ring (bicyclic) bond motifs is 7. The van der Waals surface area contributed by atoms with E-state index in [1.165, 1.54) is 22.1 Å². The van der Waals surface area contributed by atoms with Crippen LogP contribution in [0.15, 0.2) is 322 Å². The first-order valence-corrected chi connectivity index (χ1v) is 32.1. The molecule has 13 aromatic carbocycles. The van der Waals surface area contributed by atoms with Gasteiger partial charge in [-0.15, -0.1) is 0 Å². The SMILES string of the molecule is O=C(OCc1ccccc1)c1ccc2c(c1)c1cc(C(=O)OCc3ccccc3)ccc1n2-c1c(-c2cccc(-c3cccc(N4c5ccccc5B5c6ccccc6N(c6ccccc6)c6cccc4c65)c3)c2)cccc1-c1nc(-c2ccccc2)nc(-c2ccccc2)n1. The van der Waals surface area contributed by atoms with Crippen LogP contribution in [0.2, 0.25) is 0 Å². The summed E-state index contributed by atoms with van der Waals surface area (Å²) in [5.74, 6) is 0.512. The molecule has 0 N–H and O–H groups in total. The van der Waals surface area contributed by atoms with Crippen molar-refractivity contribution in [3.63, 3.8) is 0 Å². The number of esters is 2. The third-order valence-electron chi connectivity index (χ3n) is 18.3. The fraction of sp³-hybridized carbons (Fsp3) is 0.0235. The Morgan fingerprint density at radius 2 is 0.740 bits per heavy atom. The predicted octanol–water partition coefficient (Wildman–Crippen LogP) is 18.1.